The van der Waals surface area contributed by atoms with Gasteiger partial charge in [0, 0.05) is 13.1 Å². The van der Waals surface area contributed by atoms with E-state index in [2.05, 4.69) is 5.32 Å². The summed E-state index contributed by atoms with van der Waals surface area (Å²) in [4.78, 5) is 20.8. The Morgan fingerprint density at radius 2 is 1.78 bits per heavy atom. The summed E-state index contributed by atoms with van der Waals surface area (Å²) < 4.78 is 10.1. The summed E-state index contributed by atoms with van der Waals surface area (Å²) in [7, 11) is 0. The zero-order valence-corrected chi connectivity index (χ0v) is 11.4. The normalized spacial score (nSPS) is 11.3. The molecule has 0 aromatic heterocycles. The highest BCUT2D eigenvalue weighted by atomic mass is 17.2. The summed E-state index contributed by atoms with van der Waals surface area (Å²) in [6.07, 6.45) is -0.475. The van der Waals surface area contributed by atoms with Crippen LogP contribution in [0.1, 0.15) is 20.8 Å². The largest absolute Gasteiger partial charge is 0.444 e. The Labute approximate surface area is 108 Å². The van der Waals surface area contributed by atoms with Crippen LogP contribution in [-0.4, -0.2) is 51.2 Å². The van der Waals surface area contributed by atoms with E-state index in [1.165, 1.54) is 0 Å². The van der Waals surface area contributed by atoms with Crippen molar-refractivity contribution in [1.82, 2.24) is 5.32 Å². The van der Waals surface area contributed by atoms with Crippen LogP contribution in [0.4, 0.5) is 4.79 Å². The number of ether oxygens (including phenoxy) is 2. The maximum atomic E-state index is 11.2. The van der Waals surface area contributed by atoms with Crippen molar-refractivity contribution >= 4 is 6.09 Å². The predicted octanol–water partition coefficient (Wildman–Crippen LogP) is 0.435. The molecule has 0 aromatic rings. The molecule has 18 heavy (non-hydrogen) atoms. The third kappa shape index (κ3) is 13.2. The van der Waals surface area contributed by atoms with E-state index in [0.717, 1.165) is 0 Å². The molecular weight excluding hydrogens is 240 g/mol. The molecule has 0 radical (unpaired) electrons. The van der Waals surface area contributed by atoms with Gasteiger partial charge in [0.15, 0.2) is 0 Å². The van der Waals surface area contributed by atoms with Crippen molar-refractivity contribution in [3.05, 3.63) is 0 Å². The zero-order valence-electron chi connectivity index (χ0n) is 11.4. The summed E-state index contributed by atoms with van der Waals surface area (Å²) in [5, 5.41) is 2.54. The molecule has 0 atom stereocenters. The second kappa shape index (κ2) is 10.1. The molecule has 0 heterocycles. The third-order valence-electron chi connectivity index (χ3n) is 1.51. The van der Waals surface area contributed by atoms with Crippen LogP contribution in [0.5, 0.6) is 0 Å². The minimum Gasteiger partial charge on any atom is -0.444 e. The lowest BCUT2D eigenvalue weighted by atomic mass is 10.2. The van der Waals surface area contributed by atoms with Crippen LogP contribution in [0.25, 0.3) is 0 Å². The van der Waals surface area contributed by atoms with Crippen molar-refractivity contribution in [2.75, 3.05) is 39.5 Å². The van der Waals surface area contributed by atoms with Gasteiger partial charge in [0.1, 0.15) is 12.2 Å². The topological polar surface area (TPSA) is 92.0 Å². The first kappa shape index (κ1) is 17.1. The summed E-state index contributed by atoms with van der Waals surface area (Å²) in [5.41, 5.74) is 4.73. The van der Waals surface area contributed by atoms with Gasteiger partial charge < -0.3 is 20.5 Å². The van der Waals surface area contributed by atoms with Crippen molar-refractivity contribution < 1.29 is 24.0 Å². The first-order valence-corrected chi connectivity index (χ1v) is 5.95. The highest BCUT2D eigenvalue weighted by molar-refractivity contribution is 5.67. The van der Waals surface area contributed by atoms with Gasteiger partial charge in [-0.15, -0.1) is 0 Å². The van der Waals surface area contributed by atoms with E-state index in [1.807, 2.05) is 0 Å². The molecule has 3 N–H and O–H groups in total. The molecule has 0 saturated carbocycles. The first-order chi connectivity index (χ1) is 8.45. The average molecular weight is 264 g/mol. The SMILES string of the molecule is CC(C)(C)OC(=O)NCCOOCCOCCN. The fourth-order valence-corrected chi connectivity index (χ4v) is 0.905. The second-order valence-electron chi connectivity index (χ2n) is 4.47. The second-order valence-corrected chi connectivity index (χ2v) is 4.47. The molecule has 7 heteroatoms. The van der Waals surface area contributed by atoms with Crippen LogP contribution in [0.2, 0.25) is 0 Å². The maximum absolute atomic E-state index is 11.2. The van der Waals surface area contributed by atoms with E-state index in [4.69, 9.17) is 25.0 Å². The average Bonchev–Trinajstić information content (AvgIpc) is 2.24. The third-order valence-corrected chi connectivity index (χ3v) is 1.51. The molecule has 7 nitrogen and oxygen atoms in total. The monoisotopic (exact) mass is 264 g/mol. The van der Waals surface area contributed by atoms with Gasteiger partial charge in [0.2, 0.25) is 0 Å². The van der Waals surface area contributed by atoms with Gasteiger partial charge in [-0.25, -0.2) is 14.6 Å². The van der Waals surface area contributed by atoms with E-state index in [1.54, 1.807) is 20.8 Å². The highest BCUT2D eigenvalue weighted by Crippen LogP contribution is 2.05. The van der Waals surface area contributed by atoms with Crippen LogP contribution >= 0.6 is 0 Å². The Hall–Kier alpha value is -0.890. The van der Waals surface area contributed by atoms with Crippen molar-refractivity contribution in [3.8, 4) is 0 Å². The lowest BCUT2D eigenvalue weighted by Crippen LogP contribution is -2.34. The molecule has 0 aliphatic heterocycles. The number of nitrogens with two attached hydrogens (primary N) is 1. The summed E-state index contributed by atoms with van der Waals surface area (Å²) in [5.74, 6) is 0. The van der Waals surface area contributed by atoms with Gasteiger partial charge >= 0.3 is 6.09 Å². The Balaban J connectivity index is 3.23. The van der Waals surface area contributed by atoms with Gasteiger partial charge in [-0.2, -0.15) is 0 Å². The lowest BCUT2D eigenvalue weighted by Gasteiger charge is -2.19. The van der Waals surface area contributed by atoms with Crippen LogP contribution < -0.4 is 11.1 Å². The standard InChI is InChI=1S/C11H24N2O5/c1-11(2,3)18-10(14)13-5-7-16-17-9-8-15-6-4-12/h4-9,12H2,1-3H3,(H,13,14). The Kier molecular flexibility index (Phi) is 9.57. The van der Waals surface area contributed by atoms with Gasteiger partial charge in [-0.1, -0.05) is 0 Å². The Bertz CT molecular complexity index is 218. The van der Waals surface area contributed by atoms with Crippen LogP contribution in [0.15, 0.2) is 0 Å². The number of amides is 1. The highest BCUT2D eigenvalue weighted by Gasteiger charge is 2.15. The van der Waals surface area contributed by atoms with Gasteiger partial charge in [-0.3, -0.25) is 0 Å². The smallest absolute Gasteiger partial charge is 0.407 e. The van der Waals surface area contributed by atoms with Crippen molar-refractivity contribution in [3.63, 3.8) is 0 Å². The number of rotatable bonds is 9. The number of carbonyl (C=O) groups is 1. The molecule has 1 amide bonds. The van der Waals surface area contributed by atoms with E-state index in [9.17, 15) is 4.79 Å². The maximum Gasteiger partial charge on any atom is 0.407 e. The van der Waals surface area contributed by atoms with Crippen molar-refractivity contribution in [2.24, 2.45) is 5.73 Å². The van der Waals surface area contributed by atoms with Crippen molar-refractivity contribution in [1.29, 1.82) is 0 Å². The molecule has 0 aliphatic carbocycles. The van der Waals surface area contributed by atoms with E-state index in [-0.39, 0.29) is 6.61 Å². The van der Waals surface area contributed by atoms with Crippen molar-refractivity contribution in [2.45, 2.75) is 26.4 Å². The number of hydrogen-bond donors (Lipinski definition) is 2. The Morgan fingerprint density at radius 1 is 1.11 bits per heavy atom. The Morgan fingerprint density at radius 3 is 2.39 bits per heavy atom. The molecular formula is C11H24N2O5. The molecule has 0 saturated heterocycles. The molecule has 0 fully saturated rings. The molecule has 0 bridgehead atoms. The first-order valence-electron chi connectivity index (χ1n) is 5.95. The molecule has 0 aliphatic rings. The van der Waals surface area contributed by atoms with E-state index < -0.39 is 11.7 Å². The van der Waals surface area contributed by atoms with Gasteiger partial charge in [0.05, 0.1) is 19.8 Å². The molecule has 0 aromatic carbocycles. The molecule has 0 spiro atoms. The summed E-state index contributed by atoms with van der Waals surface area (Å²) >= 11 is 0. The van der Waals surface area contributed by atoms with E-state index >= 15 is 0 Å². The van der Waals surface area contributed by atoms with Crippen LogP contribution in [0.3, 0.4) is 0 Å². The quantitative estimate of drug-likeness (QED) is 0.356. The summed E-state index contributed by atoms with van der Waals surface area (Å²) in [6, 6.07) is 0. The minimum absolute atomic E-state index is 0.246. The molecule has 108 valence electrons. The van der Waals surface area contributed by atoms with Gasteiger partial charge in [0.25, 0.3) is 0 Å². The van der Waals surface area contributed by atoms with Crippen LogP contribution in [0, 0.1) is 0 Å². The fourth-order valence-electron chi connectivity index (χ4n) is 0.905. The predicted molar refractivity (Wildman–Crippen MR) is 66.0 cm³/mol. The number of hydrogen-bond acceptors (Lipinski definition) is 6. The van der Waals surface area contributed by atoms with E-state index in [0.29, 0.717) is 32.9 Å². The lowest BCUT2D eigenvalue weighted by molar-refractivity contribution is -0.297. The van der Waals surface area contributed by atoms with Crippen LogP contribution in [-0.2, 0) is 19.2 Å². The number of nitrogens with one attached hydrogen (secondary N) is 1. The summed E-state index contributed by atoms with van der Waals surface area (Å²) in [6.45, 7) is 7.71. The zero-order chi connectivity index (χ0) is 13.9. The minimum atomic E-state index is -0.498. The molecule has 0 rings (SSSR count). The number of carbonyl (C=O) groups excluding carboxylic acids is 1. The fraction of sp³-hybridized carbons (Fsp3) is 0.909. The number of alkyl carbamates (subject to hydrolysis) is 1. The molecule has 0 unspecified atom stereocenters. The van der Waals surface area contributed by atoms with Gasteiger partial charge in [-0.05, 0) is 20.8 Å².